The van der Waals surface area contributed by atoms with Gasteiger partial charge in [-0.3, -0.25) is 9.89 Å². The van der Waals surface area contributed by atoms with E-state index in [9.17, 15) is 0 Å². The maximum Gasteiger partial charge on any atom is 0.224 e. The molecule has 0 bridgehead atoms. The van der Waals surface area contributed by atoms with E-state index in [2.05, 4.69) is 20.1 Å². The van der Waals surface area contributed by atoms with Gasteiger partial charge in [-0.1, -0.05) is 43.0 Å². The van der Waals surface area contributed by atoms with Gasteiger partial charge in [-0.2, -0.15) is 4.98 Å². The summed E-state index contributed by atoms with van der Waals surface area (Å²) in [4.78, 5) is 18.5. The Labute approximate surface area is 164 Å². The maximum absolute atomic E-state index is 6.45. The smallest absolute Gasteiger partial charge is 0.224 e. The number of nitrogens with one attached hydrogen (secondary N) is 1. The first-order chi connectivity index (χ1) is 13.3. The van der Waals surface area contributed by atoms with E-state index in [0.717, 1.165) is 47.1 Å². The van der Waals surface area contributed by atoms with E-state index in [1.165, 1.54) is 32.1 Å². The lowest BCUT2D eigenvalue weighted by Crippen LogP contribution is -2.47. The summed E-state index contributed by atoms with van der Waals surface area (Å²) in [7, 11) is 0. The van der Waals surface area contributed by atoms with Crippen LogP contribution in [0.25, 0.3) is 0 Å². The molecule has 7 heteroatoms. The first kappa shape index (κ1) is 16.8. The Kier molecular flexibility index (Phi) is 4.36. The molecule has 5 rings (SSSR count). The van der Waals surface area contributed by atoms with Crippen molar-refractivity contribution in [2.45, 2.75) is 44.7 Å². The molecule has 1 N–H and O–H groups in total. The highest BCUT2D eigenvalue weighted by atomic mass is 35.5. The zero-order chi connectivity index (χ0) is 18.2. The fraction of sp³-hybridized carbons (Fsp3) is 0.450. The van der Waals surface area contributed by atoms with Crippen LogP contribution in [0.5, 0.6) is 0 Å². The monoisotopic (exact) mass is 382 g/mol. The van der Waals surface area contributed by atoms with E-state index in [-0.39, 0.29) is 0 Å². The molecule has 140 valence electrons. The maximum atomic E-state index is 6.45. The summed E-state index contributed by atoms with van der Waals surface area (Å²) in [5, 5.41) is 4.27. The van der Waals surface area contributed by atoms with Crippen LogP contribution in [-0.4, -0.2) is 35.1 Å². The second-order valence-corrected chi connectivity index (χ2v) is 7.80. The summed E-state index contributed by atoms with van der Waals surface area (Å²) in [5.74, 6) is 2.64. The molecule has 6 nitrogen and oxygen atoms in total. The van der Waals surface area contributed by atoms with Crippen LogP contribution in [0.4, 0.5) is 17.5 Å². The molecule has 1 aromatic carbocycles. The van der Waals surface area contributed by atoms with Gasteiger partial charge in [0.25, 0.3) is 0 Å². The number of aromatic nitrogens is 2. The van der Waals surface area contributed by atoms with Crippen molar-refractivity contribution < 1.29 is 0 Å². The molecule has 1 saturated carbocycles. The van der Waals surface area contributed by atoms with Gasteiger partial charge in [-0.15, -0.1) is 0 Å². The number of benzene rings is 1. The summed E-state index contributed by atoms with van der Waals surface area (Å²) >= 11 is 6.45. The summed E-state index contributed by atoms with van der Waals surface area (Å²) in [6, 6.07) is 8.40. The summed E-state index contributed by atoms with van der Waals surface area (Å²) < 4.78 is 0. The predicted octanol–water partition coefficient (Wildman–Crippen LogP) is 4.07. The number of aliphatic imine (C=N–C) groups is 1. The van der Waals surface area contributed by atoms with E-state index < -0.39 is 0 Å². The molecular weight excluding hydrogens is 360 g/mol. The molecular formula is C20H23ClN6. The molecule has 0 spiro atoms. The number of nitrogens with zero attached hydrogens (tertiary/aromatic N) is 5. The fourth-order valence-corrected chi connectivity index (χ4v) is 4.45. The number of hydrogen-bond acceptors (Lipinski definition) is 6. The Morgan fingerprint density at radius 1 is 1.07 bits per heavy atom. The second kappa shape index (κ2) is 7.00. The average molecular weight is 383 g/mol. The highest BCUT2D eigenvalue weighted by Gasteiger charge is 2.34. The minimum Gasteiger partial charge on any atom is -0.351 e. The molecule has 1 aromatic heterocycles. The Morgan fingerprint density at radius 2 is 1.93 bits per heavy atom. The first-order valence-electron chi connectivity index (χ1n) is 9.76. The number of hydrogen-bond donors (Lipinski definition) is 1. The lowest BCUT2D eigenvalue weighted by atomic mass is 9.96. The topological polar surface area (TPSA) is 56.7 Å². The van der Waals surface area contributed by atoms with Gasteiger partial charge in [0.15, 0.2) is 0 Å². The van der Waals surface area contributed by atoms with E-state index >= 15 is 0 Å². The van der Waals surface area contributed by atoms with Crippen molar-refractivity contribution in [3.8, 4) is 0 Å². The Morgan fingerprint density at radius 3 is 2.78 bits per heavy atom. The van der Waals surface area contributed by atoms with Crippen LogP contribution in [0.3, 0.4) is 0 Å². The van der Waals surface area contributed by atoms with Crippen molar-refractivity contribution in [1.29, 1.82) is 0 Å². The molecule has 2 aliphatic heterocycles. The number of guanidine groups is 1. The zero-order valence-electron chi connectivity index (χ0n) is 15.2. The van der Waals surface area contributed by atoms with Gasteiger partial charge in [0.05, 0.1) is 23.8 Å². The minimum atomic E-state index is 0.492. The van der Waals surface area contributed by atoms with Gasteiger partial charge in [0.1, 0.15) is 5.82 Å². The van der Waals surface area contributed by atoms with Crippen LogP contribution in [-0.2, 0) is 6.54 Å². The largest absolute Gasteiger partial charge is 0.351 e. The molecule has 0 atom stereocenters. The summed E-state index contributed by atoms with van der Waals surface area (Å²) in [6.07, 6.45) is 8.28. The van der Waals surface area contributed by atoms with Crippen LogP contribution in [0.15, 0.2) is 35.5 Å². The van der Waals surface area contributed by atoms with E-state index in [1.54, 1.807) is 0 Å². The molecule has 0 amide bonds. The van der Waals surface area contributed by atoms with Crippen molar-refractivity contribution in [1.82, 2.24) is 9.97 Å². The zero-order valence-corrected chi connectivity index (χ0v) is 16.0. The molecule has 0 radical (unpaired) electrons. The van der Waals surface area contributed by atoms with Gasteiger partial charge in [0.2, 0.25) is 11.9 Å². The third-order valence-electron chi connectivity index (χ3n) is 5.57. The van der Waals surface area contributed by atoms with Crippen LogP contribution in [0, 0.1) is 0 Å². The third-order valence-corrected chi connectivity index (χ3v) is 5.89. The van der Waals surface area contributed by atoms with Gasteiger partial charge in [-0.25, -0.2) is 4.98 Å². The second-order valence-electron chi connectivity index (χ2n) is 7.39. The molecule has 1 fully saturated rings. The SMILES string of the molecule is Clc1ccccc1N1Cc2cnc(NC3CCCCC3)nc2N2CCN=C12. The Hall–Kier alpha value is -2.34. The van der Waals surface area contributed by atoms with Crippen LogP contribution in [0.2, 0.25) is 5.02 Å². The lowest BCUT2D eigenvalue weighted by molar-refractivity contribution is 0.461. The van der Waals surface area contributed by atoms with Gasteiger partial charge >= 0.3 is 0 Å². The molecule has 2 aromatic rings. The van der Waals surface area contributed by atoms with Gasteiger partial charge in [-0.05, 0) is 25.0 Å². The Balaban J connectivity index is 1.46. The average Bonchev–Trinajstić information content (AvgIpc) is 3.19. The lowest BCUT2D eigenvalue weighted by Gasteiger charge is -2.36. The Bertz CT molecular complexity index is 877. The summed E-state index contributed by atoms with van der Waals surface area (Å²) in [6.45, 7) is 2.28. The summed E-state index contributed by atoms with van der Waals surface area (Å²) in [5.41, 5.74) is 2.07. The molecule has 27 heavy (non-hydrogen) atoms. The standard InChI is InChI=1S/C20H23ClN6/c21-16-8-4-5-9-17(16)27-13-14-12-23-19(24-15-6-2-1-3-7-15)25-18(14)26-11-10-22-20(26)27/h4-5,8-9,12,15H,1-3,6-7,10-11,13H2,(H,23,24,25). The molecule has 3 heterocycles. The number of fused-ring (bicyclic) bond motifs is 3. The van der Waals surface area contributed by atoms with Crippen molar-refractivity contribution in [2.24, 2.45) is 4.99 Å². The predicted molar refractivity (Wildman–Crippen MR) is 110 cm³/mol. The highest BCUT2D eigenvalue weighted by molar-refractivity contribution is 6.34. The number of rotatable bonds is 3. The third kappa shape index (κ3) is 3.12. The van der Waals surface area contributed by atoms with E-state index in [0.29, 0.717) is 12.6 Å². The van der Waals surface area contributed by atoms with Crippen molar-refractivity contribution in [3.05, 3.63) is 41.0 Å². The first-order valence-corrected chi connectivity index (χ1v) is 10.1. The van der Waals surface area contributed by atoms with Crippen LogP contribution >= 0.6 is 11.6 Å². The normalized spacial score (nSPS) is 19.5. The molecule has 0 unspecified atom stereocenters. The molecule has 3 aliphatic rings. The van der Waals surface area contributed by atoms with E-state index in [1.807, 2.05) is 30.5 Å². The van der Waals surface area contributed by atoms with Crippen LogP contribution in [0.1, 0.15) is 37.7 Å². The quantitative estimate of drug-likeness (QED) is 0.867. The van der Waals surface area contributed by atoms with Crippen LogP contribution < -0.4 is 15.1 Å². The number of anilines is 3. The molecule has 0 saturated heterocycles. The molecule has 1 aliphatic carbocycles. The highest BCUT2D eigenvalue weighted by Crippen LogP contribution is 2.35. The fourth-order valence-electron chi connectivity index (χ4n) is 4.21. The van der Waals surface area contributed by atoms with Gasteiger partial charge < -0.3 is 10.2 Å². The number of para-hydroxylation sites is 1. The van der Waals surface area contributed by atoms with E-state index in [4.69, 9.17) is 21.6 Å². The van der Waals surface area contributed by atoms with Crippen molar-refractivity contribution in [3.63, 3.8) is 0 Å². The van der Waals surface area contributed by atoms with Crippen molar-refractivity contribution >= 4 is 35.0 Å². The van der Waals surface area contributed by atoms with Crippen molar-refractivity contribution in [2.75, 3.05) is 28.2 Å². The minimum absolute atomic E-state index is 0.492. The van der Waals surface area contributed by atoms with Gasteiger partial charge in [0, 0.05) is 24.3 Å². The number of halogens is 1.